The topological polar surface area (TPSA) is 65.8 Å². The van der Waals surface area contributed by atoms with Crippen LogP contribution in [0.4, 0.5) is 0 Å². The lowest BCUT2D eigenvalue weighted by molar-refractivity contribution is -0.118. The van der Waals surface area contributed by atoms with Gasteiger partial charge in [0.2, 0.25) is 5.91 Å². The number of nitrogens with zero attached hydrogens (tertiary/aromatic N) is 2. The summed E-state index contributed by atoms with van der Waals surface area (Å²) in [5.74, 6) is -0.215. The number of carbonyl (C=O) groups excluding carboxylic acids is 1. The van der Waals surface area contributed by atoms with Crippen LogP contribution in [0.3, 0.4) is 0 Å². The van der Waals surface area contributed by atoms with Gasteiger partial charge in [-0.1, -0.05) is 25.3 Å². The zero-order valence-corrected chi connectivity index (χ0v) is 10.8. The number of aromatic nitrogens is 1. The fraction of sp³-hybridized carbons (Fsp3) is 0.400. The Morgan fingerprint density at radius 3 is 2.84 bits per heavy atom. The van der Waals surface area contributed by atoms with Crippen LogP contribution in [0, 0.1) is 11.3 Å². The summed E-state index contributed by atoms with van der Waals surface area (Å²) in [6, 6.07) is 5.96. The Kier molecular flexibility index (Phi) is 4.30. The molecule has 98 valence electrons. The third kappa shape index (κ3) is 3.65. The van der Waals surface area contributed by atoms with Crippen molar-refractivity contribution in [3.05, 3.63) is 36.2 Å². The molecule has 0 bridgehead atoms. The first-order valence-electron chi connectivity index (χ1n) is 6.56. The first-order chi connectivity index (χ1) is 9.24. The van der Waals surface area contributed by atoms with Gasteiger partial charge >= 0.3 is 0 Å². The summed E-state index contributed by atoms with van der Waals surface area (Å²) in [6.07, 6.45) is 11.2. The van der Waals surface area contributed by atoms with E-state index in [1.807, 2.05) is 12.1 Å². The van der Waals surface area contributed by atoms with E-state index in [0.717, 1.165) is 37.7 Å². The van der Waals surface area contributed by atoms with Gasteiger partial charge in [-0.3, -0.25) is 9.78 Å². The zero-order valence-electron chi connectivity index (χ0n) is 10.8. The molecule has 1 aliphatic carbocycles. The van der Waals surface area contributed by atoms with Crippen LogP contribution in [-0.2, 0) is 4.79 Å². The summed E-state index contributed by atoms with van der Waals surface area (Å²) < 4.78 is 0. The Labute approximate surface area is 113 Å². The van der Waals surface area contributed by atoms with Crippen LogP contribution in [0.1, 0.15) is 37.7 Å². The van der Waals surface area contributed by atoms with Crippen molar-refractivity contribution >= 4 is 12.0 Å². The second-order valence-electron chi connectivity index (χ2n) is 4.86. The van der Waals surface area contributed by atoms with Crippen molar-refractivity contribution in [2.75, 3.05) is 0 Å². The van der Waals surface area contributed by atoms with E-state index < -0.39 is 5.54 Å². The van der Waals surface area contributed by atoms with E-state index in [4.69, 9.17) is 0 Å². The lowest BCUT2D eigenvalue weighted by Gasteiger charge is -2.31. The van der Waals surface area contributed by atoms with E-state index >= 15 is 0 Å². The number of nitrogens with one attached hydrogen (secondary N) is 1. The molecular weight excluding hydrogens is 238 g/mol. The average Bonchev–Trinajstić information content (AvgIpc) is 2.47. The molecule has 0 aliphatic heterocycles. The summed E-state index contributed by atoms with van der Waals surface area (Å²) in [7, 11) is 0. The van der Waals surface area contributed by atoms with Gasteiger partial charge in [0.05, 0.1) is 6.07 Å². The Hall–Kier alpha value is -2.15. The quantitative estimate of drug-likeness (QED) is 0.843. The van der Waals surface area contributed by atoms with Crippen molar-refractivity contribution in [2.45, 2.75) is 37.6 Å². The molecule has 1 aliphatic rings. The summed E-state index contributed by atoms with van der Waals surface area (Å²) in [5, 5.41) is 12.1. The highest BCUT2D eigenvalue weighted by Crippen LogP contribution is 2.27. The van der Waals surface area contributed by atoms with E-state index in [1.165, 1.54) is 6.08 Å². The van der Waals surface area contributed by atoms with Gasteiger partial charge in [-0.25, -0.2) is 0 Å². The van der Waals surface area contributed by atoms with Gasteiger partial charge in [-0.15, -0.1) is 0 Å². The number of carbonyl (C=O) groups is 1. The van der Waals surface area contributed by atoms with Gasteiger partial charge in [-0.05, 0) is 30.5 Å². The first-order valence-corrected chi connectivity index (χ1v) is 6.56. The Bertz CT molecular complexity index is 496. The summed E-state index contributed by atoms with van der Waals surface area (Å²) in [6.45, 7) is 0. The molecule has 1 saturated carbocycles. The molecule has 1 amide bonds. The minimum atomic E-state index is -0.672. The molecule has 4 heteroatoms. The number of hydrogen-bond donors (Lipinski definition) is 1. The predicted molar refractivity (Wildman–Crippen MR) is 72.8 cm³/mol. The molecule has 1 aromatic heterocycles. The van der Waals surface area contributed by atoms with Crippen LogP contribution in [0.15, 0.2) is 30.6 Å². The van der Waals surface area contributed by atoms with Crippen LogP contribution >= 0.6 is 0 Å². The van der Waals surface area contributed by atoms with Gasteiger partial charge in [-0.2, -0.15) is 5.26 Å². The summed E-state index contributed by atoms with van der Waals surface area (Å²) >= 11 is 0. The minimum absolute atomic E-state index is 0.215. The van der Waals surface area contributed by atoms with Crippen LogP contribution in [0.2, 0.25) is 0 Å². The standard InChI is InChI=1S/C15H17N3O/c16-12-15(8-2-1-3-9-15)18-14(19)7-6-13-5-4-10-17-11-13/h4-7,10-11H,1-3,8-9H2,(H,18,19)/b7-6+. The third-order valence-electron chi connectivity index (χ3n) is 3.40. The van der Waals surface area contributed by atoms with E-state index in [-0.39, 0.29) is 5.91 Å². The molecule has 0 spiro atoms. The molecule has 0 radical (unpaired) electrons. The van der Waals surface area contributed by atoms with Crippen molar-refractivity contribution in [2.24, 2.45) is 0 Å². The largest absolute Gasteiger partial charge is 0.334 e. The average molecular weight is 255 g/mol. The first kappa shape index (κ1) is 13.3. The van der Waals surface area contributed by atoms with Crippen molar-refractivity contribution in [3.63, 3.8) is 0 Å². The molecule has 1 heterocycles. The number of pyridine rings is 1. The zero-order chi connectivity index (χ0) is 13.6. The maximum absolute atomic E-state index is 11.9. The molecule has 1 aromatic rings. The maximum Gasteiger partial charge on any atom is 0.245 e. The molecule has 0 aromatic carbocycles. The molecule has 1 fully saturated rings. The molecule has 0 atom stereocenters. The van der Waals surface area contributed by atoms with E-state index in [2.05, 4.69) is 16.4 Å². The van der Waals surface area contributed by atoms with E-state index in [0.29, 0.717) is 0 Å². The van der Waals surface area contributed by atoms with Crippen molar-refractivity contribution in [1.29, 1.82) is 5.26 Å². The number of hydrogen-bond acceptors (Lipinski definition) is 3. The predicted octanol–water partition coefficient (Wildman–Crippen LogP) is 2.44. The van der Waals surface area contributed by atoms with Gasteiger partial charge < -0.3 is 5.32 Å². The van der Waals surface area contributed by atoms with Crippen LogP contribution in [-0.4, -0.2) is 16.4 Å². The van der Waals surface area contributed by atoms with Gasteiger partial charge in [0.15, 0.2) is 0 Å². The fourth-order valence-electron chi connectivity index (χ4n) is 2.34. The Balaban J connectivity index is 1.97. The molecule has 0 saturated heterocycles. The lowest BCUT2D eigenvalue weighted by atomic mass is 9.83. The molecular formula is C15H17N3O. The minimum Gasteiger partial charge on any atom is -0.334 e. The van der Waals surface area contributed by atoms with Crippen LogP contribution < -0.4 is 5.32 Å². The van der Waals surface area contributed by atoms with E-state index in [1.54, 1.807) is 18.5 Å². The Morgan fingerprint density at radius 2 is 2.21 bits per heavy atom. The van der Waals surface area contributed by atoms with Crippen molar-refractivity contribution < 1.29 is 4.79 Å². The smallest absolute Gasteiger partial charge is 0.245 e. The van der Waals surface area contributed by atoms with Crippen molar-refractivity contribution in [3.8, 4) is 6.07 Å². The highest BCUT2D eigenvalue weighted by molar-refractivity contribution is 5.92. The van der Waals surface area contributed by atoms with Gasteiger partial charge in [0.25, 0.3) is 0 Å². The third-order valence-corrected chi connectivity index (χ3v) is 3.40. The van der Waals surface area contributed by atoms with Gasteiger partial charge in [0.1, 0.15) is 5.54 Å². The maximum atomic E-state index is 11.9. The number of amides is 1. The molecule has 4 nitrogen and oxygen atoms in total. The van der Waals surface area contributed by atoms with Crippen LogP contribution in [0.25, 0.3) is 6.08 Å². The Morgan fingerprint density at radius 1 is 1.42 bits per heavy atom. The summed E-state index contributed by atoms with van der Waals surface area (Å²) in [4.78, 5) is 15.9. The lowest BCUT2D eigenvalue weighted by Crippen LogP contribution is -2.48. The monoisotopic (exact) mass is 255 g/mol. The highest BCUT2D eigenvalue weighted by atomic mass is 16.1. The summed E-state index contributed by atoms with van der Waals surface area (Å²) in [5.41, 5.74) is 0.196. The van der Waals surface area contributed by atoms with E-state index in [9.17, 15) is 10.1 Å². The number of rotatable bonds is 3. The SMILES string of the molecule is N#CC1(NC(=O)/C=C/c2cccnc2)CCCCC1. The molecule has 1 N–H and O–H groups in total. The van der Waals surface area contributed by atoms with Gasteiger partial charge in [0, 0.05) is 18.5 Å². The molecule has 19 heavy (non-hydrogen) atoms. The van der Waals surface area contributed by atoms with Crippen molar-refractivity contribution in [1.82, 2.24) is 10.3 Å². The fourth-order valence-corrected chi connectivity index (χ4v) is 2.34. The molecule has 0 unspecified atom stereocenters. The molecule has 2 rings (SSSR count). The second kappa shape index (κ2) is 6.14. The number of nitriles is 1. The normalized spacial score (nSPS) is 17.8. The van der Waals surface area contributed by atoms with Crippen LogP contribution in [0.5, 0.6) is 0 Å². The second-order valence-corrected chi connectivity index (χ2v) is 4.86. The highest BCUT2D eigenvalue weighted by Gasteiger charge is 2.32.